The highest BCUT2D eigenvalue weighted by atomic mass is 35.5. The Morgan fingerprint density at radius 2 is 2.05 bits per heavy atom. The molecular formula is C13H17ClN2O2S. The Bertz CT molecular complexity index is 604. The number of hydrogen-bond donors (Lipinski definition) is 1. The zero-order chi connectivity index (χ0) is 14.7. The Morgan fingerprint density at radius 3 is 2.53 bits per heavy atom. The van der Waals surface area contributed by atoms with Gasteiger partial charge in [0, 0.05) is 5.54 Å². The first-order chi connectivity index (χ1) is 8.72. The first-order valence-corrected chi connectivity index (χ1v) is 7.81. The van der Waals surface area contributed by atoms with Crippen LogP contribution in [0.4, 0.5) is 0 Å². The van der Waals surface area contributed by atoms with Gasteiger partial charge in [-0.2, -0.15) is 5.26 Å². The molecule has 6 heteroatoms. The molecule has 1 rings (SSSR count). The molecule has 0 atom stereocenters. The lowest BCUT2D eigenvalue weighted by Crippen LogP contribution is -2.43. The smallest absolute Gasteiger partial charge is 0.207 e. The summed E-state index contributed by atoms with van der Waals surface area (Å²) in [6.45, 7) is 5.64. The number of halogens is 1. The van der Waals surface area contributed by atoms with Crippen molar-refractivity contribution in [3.05, 3.63) is 28.8 Å². The van der Waals surface area contributed by atoms with Crippen molar-refractivity contribution < 1.29 is 8.42 Å². The molecule has 0 radical (unpaired) electrons. The van der Waals surface area contributed by atoms with E-state index in [1.165, 1.54) is 18.2 Å². The molecule has 0 heterocycles. The second kappa shape index (κ2) is 5.91. The summed E-state index contributed by atoms with van der Waals surface area (Å²) in [4.78, 5) is -0.00246. The number of benzene rings is 1. The quantitative estimate of drug-likeness (QED) is 0.908. The fourth-order valence-corrected chi connectivity index (χ4v) is 3.87. The third kappa shape index (κ3) is 4.20. The predicted molar refractivity (Wildman–Crippen MR) is 75.5 cm³/mol. The van der Waals surface area contributed by atoms with Gasteiger partial charge in [0.05, 0.1) is 16.7 Å². The van der Waals surface area contributed by atoms with Crippen LogP contribution in [0.1, 0.15) is 39.2 Å². The Labute approximate surface area is 119 Å². The first-order valence-electron chi connectivity index (χ1n) is 5.95. The second-order valence-electron chi connectivity index (χ2n) is 5.00. The van der Waals surface area contributed by atoms with Gasteiger partial charge < -0.3 is 0 Å². The molecule has 1 aromatic rings. The molecule has 104 valence electrons. The highest BCUT2D eigenvalue weighted by molar-refractivity contribution is 7.89. The summed E-state index contributed by atoms with van der Waals surface area (Å²) in [5.74, 6) is 0. The van der Waals surface area contributed by atoms with E-state index in [0.29, 0.717) is 5.56 Å². The highest BCUT2D eigenvalue weighted by Gasteiger charge is 2.27. The summed E-state index contributed by atoms with van der Waals surface area (Å²) in [6.07, 6.45) is 1.59. The molecular weight excluding hydrogens is 284 g/mol. The lowest BCUT2D eigenvalue weighted by Gasteiger charge is -2.25. The number of hydrogen-bond acceptors (Lipinski definition) is 3. The van der Waals surface area contributed by atoms with Crippen LogP contribution in [0.5, 0.6) is 0 Å². The van der Waals surface area contributed by atoms with Crippen LogP contribution >= 0.6 is 11.6 Å². The largest absolute Gasteiger partial charge is 0.242 e. The van der Waals surface area contributed by atoms with E-state index in [2.05, 4.69) is 4.72 Å². The summed E-state index contributed by atoms with van der Waals surface area (Å²) < 4.78 is 27.2. The zero-order valence-electron chi connectivity index (χ0n) is 11.2. The van der Waals surface area contributed by atoms with E-state index < -0.39 is 15.6 Å². The third-order valence-corrected chi connectivity index (χ3v) is 4.82. The molecule has 1 aromatic carbocycles. The van der Waals surface area contributed by atoms with E-state index in [1.807, 2.05) is 26.8 Å². The monoisotopic (exact) mass is 300 g/mol. The van der Waals surface area contributed by atoms with Crippen LogP contribution in [0, 0.1) is 11.3 Å². The van der Waals surface area contributed by atoms with E-state index >= 15 is 0 Å². The molecule has 0 aliphatic heterocycles. The number of nitriles is 1. The molecule has 0 unspecified atom stereocenters. The van der Waals surface area contributed by atoms with Crippen LogP contribution in [0.15, 0.2) is 23.1 Å². The molecule has 19 heavy (non-hydrogen) atoms. The standard InChI is InChI=1S/C13H17ClN2O2S/c1-4-7-13(2,3)16-19(17,18)12-6-5-10(9-15)8-11(12)14/h5-6,8,16H,4,7H2,1-3H3. The molecule has 0 fully saturated rings. The maximum absolute atomic E-state index is 12.3. The normalized spacial score (nSPS) is 12.2. The van der Waals surface area contributed by atoms with Crippen LogP contribution < -0.4 is 4.72 Å². The molecule has 0 aliphatic rings. The second-order valence-corrected chi connectivity index (χ2v) is 7.05. The van der Waals surface area contributed by atoms with Gasteiger partial charge in [-0.15, -0.1) is 0 Å². The number of rotatable bonds is 5. The van der Waals surface area contributed by atoms with Crippen LogP contribution in [-0.4, -0.2) is 14.0 Å². The van der Waals surface area contributed by atoms with E-state index in [0.717, 1.165) is 12.8 Å². The van der Waals surface area contributed by atoms with Crippen molar-refractivity contribution in [3.8, 4) is 6.07 Å². The summed E-state index contributed by atoms with van der Waals surface area (Å²) >= 11 is 5.93. The minimum Gasteiger partial charge on any atom is -0.207 e. The molecule has 0 saturated carbocycles. The highest BCUT2D eigenvalue weighted by Crippen LogP contribution is 2.24. The van der Waals surface area contributed by atoms with Crippen LogP contribution in [0.2, 0.25) is 5.02 Å². The summed E-state index contributed by atoms with van der Waals surface area (Å²) in [5.41, 5.74) is -0.207. The Kier molecular flexibility index (Phi) is 4.97. The third-order valence-electron chi connectivity index (χ3n) is 2.64. The van der Waals surface area contributed by atoms with Crippen molar-refractivity contribution in [2.24, 2.45) is 0 Å². The van der Waals surface area contributed by atoms with Gasteiger partial charge in [-0.05, 0) is 38.5 Å². The van der Waals surface area contributed by atoms with Gasteiger partial charge in [0.2, 0.25) is 10.0 Å². The van der Waals surface area contributed by atoms with Crippen molar-refractivity contribution in [1.82, 2.24) is 4.72 Å². The van der Waals surface area contributed by atoms with E-state index in [1.54, 1.807) is 0 Å². The molecule has 0 bridgehead atoms. The number of sulfonamides is 1. The fourth-order valence-electron chi connectivity index (χ4n) is 1.88. The van der Waals surface area contributed by atoms with Gasteiger partial charge in [0.15, 0.2) is 0 Å². The number of nitrogens with one attached hydrogen (secondary N) is 1. The first kappa shape index (κ1) is 16.0. The van der Waals surface area contributed by atoms with Gasteiger partial charge in [0.1, 0.15) is 4.90 Å². The van der Waals surface area contributed by atoms with Gasteiger partial charge in [-0.25, -0.2) is 13.1 Å². The van der Waals surface area contributed by atoms with Gasteiger partial charge in [-0.1, -0.05) is 24.9 Å². The number of nitrogens with zero attached hydrogens (tertiary/aromatic N) is 1. The van der Waals surface area contributed by atoms with Gasteiger partial charge >= 0.3 is 0 Å². The lowest BCUT2D eigenvalue weighted by atomic mass is 10.0. The summed E-state index contributed by atoms with van der Waals surface area (Å²) in [6, 6.07) is 6.06. The van der Waals surface area contributed by atoms with E-state index in [-0.39, 0.29) is 9.92 Å². The average molecular weight is 301 g/mol. The Balaban J connectivity index is 3.12. The lowest BCUT2D eigenvalue weighted by molar-refractivity contribution is 0.418. The molecule has 4 nitrogen and oxygen atoms in total. The fraction of sp³-hybridized carbons (Fsp3) is 0.462. The predicted octanol–water partition coefficient (Wildman–Crippen LogP) is 3.07. The van der Waals surface area contributed by atoms with Crippen molar-refractivity contribution in [2.45, 2.75) is 44.0 Å². The van der Waals surface area contributed by atoms with Crippen molar-refractivity contribution in [2.75, 3.05) is 0 Å². The SMILES string of the molecule is CCCC(C)(C)NS(=O)(=O)c1ccc(C#N)cc1Cl. The Hall–Kier alpha value is -1.09. The summed E-state index contributed by atoms with van der Waals surface area (Å²) in [7, 11) is -3.69. The van der Waals surface area contributed by atoms with Gasteiger partial charge in [0.25, 0.3) is 0 Å². The molecule has 0 aromatic heterocycles. The maximum Gasteiger partial charge on any atom is 0.242 e. The minimum absolute atomic E-state index is 0.00246. The van der Waals surface area contributed by atoms with E-state index in [9.17, 15) is 8.42 Å². The summed E-state index contributed by atoms with van der Waals surface area (Å²) in [5, 5.41) is 8.79. The molecule has 0 saturated heterocycles. The minimum atomic E-state index is -3.69. The van der Waals surface area contributed by atoms with Crippen LogP contribution in [0.25, 0.3) is 0 Å². The van der Waals surface area contributed by atoms with Crippen molar-refractivity contribution in [1.29, 1.82) is 5.26 Å². The average Bonchev–Trinajstić information content (AvgIpc) is 2.26. The Morgan fingerprint density at radius 1 is 1.42 bits per heavy atom. The molecule has 0 amide bonds. The van der Waals surface area contributed by atoms with E-state index in [4.69, 9.17) is 16.9 Å². The van der Waals surface area contributed by atoms with Crippen LogP contribution in [-0.2, 0) is 10.0 Å². The maximum atomic E-state index is 12.3. The molecule has 0 spiro atoms. The van der Waals surface area contributed by atoms with Crippen LogP contribution in [0.3, 0.4) is 0 Å². The molecule has 1 N–H and O–H groups in total. The topological polar surface area (TPSA) is 70.0 Å². The zero-order valence-corrected chi connectivity index (χ0v) is 12.8. The van der Waals surface area contributed by atoms with Crippen molar-refractivity contribution in [3.63, 3.8) is 0 Å². The van der Waals surface area contributed by atoms with Crippen molar-refractivity contribution >= 4 is 21.6 Å². The molecule has 0 aliphatic carbocycles. The van der Waals surface area contributed by atoms with Gasteiger partial charge in [-0.3, -0.25) is 0 Å².